The van der Waals surface area contributed by atoms with Crippen LogP contribution in [0.3, 0.4) is 0 Å². The molecule has 0 unspecified atom stereocenters. The van der Waals surface area contributed by atoms with Crippen LogP contribution in [0.4, 0.5) is 13.2 Å². The second-order valence-corrected chi connectivity index (χ2v) is 6.53. The standard InChI is InChI=1S/C19H18F3NO3/c20-19(21,22)13-5-3-12(4-6-13)18(23-7-1-2-8-23)14-9-16-17(10-15(14)24)26-11-25-16/h3-6,9-10,18,24H,1-2,7-8,11H2/t18-/m0/s1. The predicted octanol–water partition coefficient (Wildman–Crippen LogP) is 4.32. The molecule has 26 heavy (non-hydrogen) atoms. The molecule has 2 aliphatic heterocycles. The zero-order chi connectivity index (χ0) is 18.3. The van der Waals surface area contributed by atoms with Crippen LogP contribution in [0.25, 0.3) is 0 Å². The first-order valence-corrected chi connectivity index (χ1v) is 8.47. The number of fused-ring (bicyclic) bond motifs is 1. The predicted molar refractivity (Wildman–Crippen MR) is 88.3 cm³/mol. The van der Waals surface area contributed by atoms with Crippen molar-refractivity contribution in [1.82, 2.24) is 4.90 Å². The average Bonchev–Trinajstić information content (AvgIpc) is 3.27. The summed E-state index contributed by atoms with van der Waals surface area (Å²) < 4.78 is 49.3. The van der Waals surface area contributed by atoms with Gasteiger partial charge in [0.1, 0.15) is 5.75 Å². The lowest BCUT2D eigenvalue weighted by molar-refractivity contribution is -0.137. The maximum atomic E-state index is 12.9. The van der Waals surface area contributed by atoms with Crippen LogP contribution in [0.1, 0.15) is 35.6 Å². The highest BCUT2D eigenvalue weighted by Crippen LogP contribution is 2.44. The van der Waals surface area contributed by atoms with Gasteiger partial charge < -0.3 is 14.6 Å². The van der Waals surface area contributed by atoms with Crippen molar-refractivity contribution in [2.24, 2.45) is 0 Å². The Morgan fingerprint density at radius 3 is 2.19 bits per heavy atom. The van der Waals surface area contributed by atoms with Crippen molar-refractivity contribution in [3.63, 3.8) is 0 Å². The number of likely N-dealkylation sites (tertiary alicyclic amines) is 1. The van der Waals surface area contributed by atoms with E-state index in [4.69, 9.17) is 9.47 Å². The molecule has 7 heteroatoms. The summed E-state index contributed by atoms with van der Waals surface area (Å²) in [6.07, 6.45) is -2.34. The van der Waals surface area contributed by atoms with E-state index in [1.807, 2.05) is 0 Å². The zero-order valence-electron chi connectivity index (χ0n) is 13.9. The number of phenols is 1. The summed E-state index contributed by atoms with van der Waals surface area (Å²) in [6.45, 7) is 1.73. The highest BCUT2D eigenvalue weighted by atomic mass is 19.4. The van der Waals surface area contributed by atoms with Crippen molar-refractivity contribution in [2.45, 2.75) is 25.1 Å². The summed E-state index contributed by atoms with van der Waals surface area (Å²) in [5, 5.41) is 10.5. The van der Waals surface area contributed by atoms with E-state index in [9.17, 15) is 18.3 Å². The molecule has 1 fully saturated rings. The van der Waals surface area contributed by atoms with Crippen LogP contribution in [0.5, 0.6) is 17.2 Å². The minimum absolute atomic E-state index is 0.0473. The Morgan fingerprint density at radius 1 is 0.962 bits per heavy atom. The van der Waals surface area contributed by atoms with Gasteiger partial charge in [0.05, 0.1) is 11.6 Å². The first-order valence-electron chi connectivity index (χ1n) is 8.47. The molecule has 2 aromatic carbocycles. The zero-order valence-corrected chi connectivity index (χ0v) is 13.9. The molecule has 1 N–H and O–H groups in total. The van der Waals surface area contributed by atoms with Crippen LogP contribution in [0.2, 0.25) is 0 Å². The lowest BCUT2D eigenvalue weighted by atomic mass is 9.95. The second kappa shape index (κ2) is 6.39. The molecule has 0 amide bonds. The fraction of sp³-hybridized carbons (Fsp3) is 0.368. The quantitative estimate of drug-likeness (QED) is 0.879. The molecular weight excluding hydrogens is 347 g/mol. The van der Waals surface area contributed by atoms with E-state index < -0.39 is 11.7 Å². The third-order valence-electron chi connectivity index (χ3n) is 4.88. The van der Waals surface area contributed by atoms with Crippen molar-refractivity contribution in [2.75, 3.05) is 19.9 Å². The largest absolute Gasteiger partial charge is 0.507 e. The third-order valence-corrected chi connectivity index (χ3v) is 4.88. The molecule has 2 heterocycles. The maximum absolute atomic E-state index is 12.9. The first kappa shape index (κ1) is 17.0. The molecule has 2 aliphatic rings. The van der Waals surface area contributed by atoms with E-state index in [0.717, 1.165) is 38.1 Å². The van der Waals surface area contributed by atoms with Crippen molar-refractivity contribution in [3.05, 3.63) is 53.1 Å². The molecule has 1 atom stereocenters. The van der Waals surface area contributed by atoms with Gasteiger partial charge >= 0.3 is 6.18 Å². The minimum Gasteiger partial charge on any atom is -0.507 e. The van der Waals surface area contributed by atoms with E-state index in [1.165, 1.54) is 18.2 Å². The number of alkyl halides is 3. The van der Waals surface area contributed by atoms with Crippen LogP contribution in [0, 0.1) is 0 Å². The lowest BCUT2D eigenvalue weighted by Gasteiger charge is -2.29. The van der Waals surface area contributed by atoms with Crippen molar-refractivity contribution >= 4 is 0 Å². The summed E-state index contributed by atoms with van der Waals surface area (Å²) in [5.41, 5.74) is 0.626. The molecule has 4 nitrogen and oxygen atoms in total. The summed E-state index contributed by atoms with van der Waals surface area (Å²) in [7, 11) is 0. The number of nitrogens with zero attached hydrogens (tertiary/aromatic N) is 1. The van der Waals surface area contributed by atoms with Gasteiger partial charge in [-0.3, -0.25) is 4.90 Å². The molecule has 2 aromatic rings. The molecule has 1 saturated heterocycles. The molecule has 0 aliphatic carbocycles. The van der Waals surface area contributed by atoms with Gasteiger partial charge in [0.2, 0.25) is 6.79 Å². The van der Waals surface area contributed by atoms with Crippen LogP contribution < -0.4 is 9.47 Å². The average molecular weight is 365 g/mol. The van der Waals surface area contributed by atoms with Gasteiger partial charge in [0.25, 0.3) is 0 Å². The minimum atomic E-state index is -4.37. The van der Waals surface area contributed by atoms with E-state index in [-0.39, 0.29) is 18.6 Å². The van der Waals surface area contributed by atoms with Crippen LogP contribution in [-0.4, -0.2) is 29.9 Å². The molecular formula is C19H18F3NO3. The SMILES string of the molecule is Oc1cc2c(cc1[C@H](c1ccc(C(F)(F)F)cc1)N1CCCC1)OCO2. The van der Waals surface area contributed by atoms with E-state index in [1.54, 1.807) is 6.07 Å². The Morgan fingerprint density at radius 2 is 1.58 bits per heavy atom. The molecule has 0 radical (unpaired) electrons. The van der Waals surface area contributed by atoms with Gasteiger partial charge in [-0.15, -0.1) is 0 Å². The first-order chi connectivity index (χ1) is 12.4. The van der Waals surface area contributed by atoms with Crippen molar-refractivity contribution < 1.29 is 27.8 Å². The van der Waals surface area contributed by atoms with Gasteiger partial charge in [-0.2, -0.15) is 13.2 Å². The normalized spacial score (nSPS) is 18.3. The topological polar surface area (TPSA) is 41.9 Å². The van der Waals surface area contributed by atoms with Crippen molar-refractivity contribution in [1.29, 1.82) is 0 Å². The van der Waals surface area contributed by atoms with Crippen LogP contribution >= 0.6 is 0 Å². The summed E-state index contributed by atoms with van der Waals surface area (Å²) in [5.74, 6) is 1.05. The monoisotopic (exact) mass is 365 g/mol. The Labute approximate surface area is 148 Å². The Hall–Kier alpha value is -2.41. The maximum Gasteiger partial charge on any atom is 0.416 e. The molecule has 0 saturated carbocycles. The number of hydrogen-bond donors (Lipinski definition) is 1. The van der Waals surface area contributed by atoms with Gasteiger partial charge in [-0.25, -0.2) is 0 Å². The van der Waals surface area contributed by atoms with Gasteiger partial charge in [0.15, 0.2) is 11.5 Å². The summed E-state index contributed by atoms with van der Waals surface area (Å²) in [6, 6.07) is 8.02. The van der Waals surface area contributed by atoms with E-state index in [2.05, 4.69) is 4.90 Å². The Kier molecular flexibility index (Phi) is 4.19. The molecule has 0 bridgehead atoms. The van der Waals surface area contributed by atoms with Gasteiger partial charge in [-0.1, -0.05) is 12.1 Å². The lowest BCUT2D eigenvalue weighted by Crippen LogP contribution is -2.26. The summed E-state index contributed by atoms with van der Waals surface area (Å²) in [4.78, 5) is 2.17. The summed E-state index contributed by atoms with van der Waals surface area (Å²) >= 11 is 0. The number of hydrogen-bond acceptors (Lipinski definition) is 4. The van der Waals surface area contributed by atoms with Gasteiger partial charge in [0, 0.05) is 11.6 Å². The number of aromatic hydroxyl groups is 1. The van der Waals surface area contributed by atoms with Crippen LogP contribution in [0.15, 0.2) is 36.4 Å². The molecule has 0 spiro atoms. The number of phenolic OH excluding ortho intramolecular Hbond substituents is 1. The molecule has 4 rings (SSSR count). The number of ether oxygens (including phenoxy) is 2. The van der Waals surface area contributed by atoms with E-state index in [0.29, 0.717) is 22.6 Å². The van der Waals surface area contributed by atoms with Crippen molar-refractivity contribution in [3.8, 4) is 17.2 Å². The third kappa shape index (κ3) is 3.07. The Bertz CT molecular complexity index is 799. The highest BCUT2D eigenvalue weighted by Gasteiger charge is 2.32. The number of benzene rings is 2. The Balaban J connectivity index is 1.76. The van der Waals surface area contributed by atoms with Crippen LogP contribution in [-0.2, 0) is 6.18 Å². The smallest absolute Gasteiger partial charge is 0.416 e. The van der Waals surface area contributed by atoms with Gasteiger partial charge in [-0.05, 0) is 49.7 Å². The second-order valence-electron chi connectivity index (χ2n) is 6.53. The highest BCUT2D eigenvalue weighted by molar-refractivity contribution is 5.54. The number of halogens is 3. The fourth-order valence-electron chi connectivity index (χ4n) is 3.61. The molecule has 0 aromatic heterocycles. The number of rotatable bonds is 3. The molecule has 138 valence electrons. The van der Waals surface area contributed by atoms with E-state index >= 15 is 0 Å². The fourth-order valence-corrected chi connectivity index (χ4v) is 3.61.